The summed E-state index contributed by atoms with van der Waals surface area (Å²) >= 11 is 1.38. The van der Waals surface area contributed by atoms with E-state index < -0.39 is 11.7 Å². The van der Waals surface area contributed by atoms with Crippen LogP contribution >= 0.6 is 11.3 Å². The lowest BCUT2D eigenvalue weighted by atomic mass is 10.1. The Hall–Kier alpha value is -2.87. The summed E-state index contributed by atoms with van der Waals surface area (Å²) in [7, 11) is 0. The van der Waals surface area contributed by atoms with Gasteiger partial charge in [-0.25, -0.2) is 4.98 Å². The second-order valence-electron chi connectivity index (χ2n) is 6.53. The number of amides is 1. The highest BCUT2D eigenvalue weighted by Gasteiger charge is 2.29. The van der Waals surface area contributed by atoms with E-state index in [1.807, 2.05) is 26.0 Å². The van der Waals surface area contributed by atoms with Crippen LogP contribution in [0.5, 0.6) is 5.75 Å². The summed E-state index contributed by atoms with van der Waals surface area (Å²) in [6.07, 6.45) is -4.35. The third kappa shape index (κ3) is 5.18. The Balaban J connectivity index is 1.69. The van der Waals surface area contributed by atoms with Gasteiger partial charge in [0.2, 0.25) is 0 Å². The molecule has 0 saturated carbocycles. The quantitative estimate of drug-likeness (QED) is 0.466. The standard InChI is InChI=1S/C22H21F3N2O2S/c1-3-27(4-2)21(28)19-14-30-20(26-19)16-6-5-7-18(12-16)29-13-15-8-10-17(11-9-15)22(23,24)25/h5-12,14H,3-4,13H2,1-2H3. The van der Waals surface area contributed by atoms with Crippen molar-refractivity contribution in [3.8, 4) is 16.3 Å². The first-order chi connectivity index (χ1) is 14.3. The lowest BCUT2D eigenvalue weighted by Crippen LogP contribution is -2.30. The van der Waals surface area contributed by atoms with Crippen LogP contribution in [0.3, 0.4) is 0 Å². The topological polar surface area (TPSA) is 42.4 Å². The maximum Gasteiger partial charge on any atom is 0.416 e. The van der Waals surface area contributed by atoms with Gasteiger partial charge in [0, 0.05) is 24.0 Å². The summed E-state index contributed by atoms with van der Waals surface area (Å²) in [6, 6.07) is 12.1. The Bertz CT molecular complexity index is 996. The molecule has 0 bridgehead atoms. The van der Waals surface area contributed by atoms with Crippen molar-refractivity contribution in [3.05, 3.63) is 70.7 Å². The van der Waals surface area contributed by atoms with Crippen molar-refractivity contribution < 1.29 is 22.7 Å². The third-order valence-electron chi connectivity index (χ3n) is 4.54. The summed E-state index contributed by atoms with van der Waals surface area (Å²) in [5.41, 5.74) is 1.17. The van der Waals surface area contributed by atoms with Crippen molar-refractivity contribution in [2.75, 3.05) is 13.1 Å². The maximum absolute atomic E-state index is 12.7. The highest BCUT2D eigenvalue weighted by molar-refractivity contribution is 7.13. The average Bonchev–Trinajstić information content (AvgIpc) is 3.23. The molecule has 0 radical (unpaired) electrons. The van der Waals surface area contributed by atoms with Crippen molar-refractivity contribution in [3.63, 3.8) is 0 Å². The summed E-state index contributed by atoms with van der Waals surface area (Å²) in [5, 5.41) is 2.44. The zero-order chi connectivity index (χ0) is 21.7. The molecule has 30 heavy (non-hydrogen) atoms. The van der Waals surface area contributed by atoms with Gasteiger partial charge in [0.25, 0.3) is 5.91 Å². The maximum atomic E-state index is 12.7. The first-order valence-corrected chi connectivity index (χ1v) is 10.3. The molecule has 0 unspecified atom stereocenters. The molecule has 0 aliphatic heterocycles. The van der Waals surface area contributed by atoms with Gasteiger partial charge in [-0.2, -0.15) is 13.2 Å². The molecule has 8 heteroatoms. The van der Waals surface area contributed by atoms with Gasteiger partial charge in [0.05, 0.1) is 5.56 Å². The predicted octanol–water partition coefficient (Wildman–Crippen LogP) is 5.89. The van der Waals surface area contributed by atoms with Crippen LogP contribution in [-0.2, 0) is 12.8 Å². The van der Waals surface area contributed by atoms with Gasteiger partial charge in [-0.1, -0.05) is 24.3 Å². The molecule has 0 aliphatic carbocycles. The highest BCUT2D eigenvalue weighted by atomic mass is 32.1. The van der Waals surface area contributed by atoms with Crippen molar-refractivity contribution in [2.45, 2.75) is 26.6 Å². The van der Waals surface area contributed by atoms with E-state index in [2.05, 4.69) is 4.98 Å². The SMILES string of the molecule is CCN(CC)C(=O)c1csc(-c2cccc(OCc3ccc(C(F)(F)F)cc3)c2)n1. The number of aromatic nitrogens is 1. The van der Waals surface area contributed by atoms with E-state index in [0.29, 0.717) is 35.1 Å². The van der Waals surface area contributed by atoms with Gasteiger partial charge in [0.15, 0.2) is 0 Å². The number of thiazole rings is 1. The lowest BCUT2D eigenvalue weighted by molar-refractivity contribution is -0.137. The van der Waals surface area contributed by atoms with E-state index in [1.165, 1.54) is 23.5 Å². The van der Waals surface area contributed by atoms with Gasteiger partial charge in [0.1, 0.15) is 23.1 Å². The van der Waals surface area contributed by atoms with E-state index in [0.717, 1.165) is 17.7 Å². The Morgan fingerprint density at radius 3 is 2.43 bits per heavy atom. The molecule has 1 aromatic heterocycles. The van der Waals surface area contributed by atoms with Gasteiger partial charge >= 0.3 is 6.18 Å². The van der Waals surface area contributed by atoms with Gasteiger partial charge in [-0.05, 0) is 43.7 Å². The Morgan fingerprint density at radius 2 is 1.80 bits per heavy atom. The van der Waals surface area contributed by atoms with Crippen LogP contribution in [0.2, 0.25) is 0 Å². The third-order valence-corrected chi connectivity index (χ3v) is 5.43. The number of rotatable bonds is 7. The average molecular weight is 434 g/mol. The summed E-state index contributed by atoms with van der Waals surface area (Å²) in [5.74, 6) is 0.469. The van der Waals surface area contributed by atoms with Gasteiger partial charge < -0.3 is 9.64 Å². The first-order valence-electron chi connectivity index (χ1n) is 9.46. The fourth-order valence-electron chi connectivity index (χ4n) is 2.85. The second kappa shape index (κ2) is 9.30. The number of alkyl halides is 3. The molecule has 1 amide bonds. The number of benzene rings is 2. The van der Waals surface area contributed by atoms with Crippen LogP contribution in [0.1, 0.15) is 35.5 Å². The molecule has 3 rings (SSSR count). The molecule has 0 N–H and O–H groups in total. The van der Waals surface area contributed by atoms with Gasteiger partial charge in [-0.15, -0.1) is 11.3 Å². The second-order valence-corrected chi connectivity index (χ2v) is 7.38. The number of ether oxygens (including phenoxy) is 1. The number of nitrogens with zero attached hydrogens (tertiary/aromatic N) is 2. The van der Waals surface area contributed by atoms with Gasteiger partial charge in [-0.3, -0.25) is 4.79 Å². The fourth-order valence-corrected chi connectivity index (χ4v) is 3.64. The van der Waals surface area contributed by atoms with E-state index >= 15 is 0 Å². The molecular weight excluding hydrogens is 413 g/mol. The van der Waals surface area contributed by atoms with E-state index in [4.69, 9.17) is 4.74 Å². The molecule has 3 aromatic rings. The highest BCUT2D eigenvalue weighted by Crippen LogP contribution is 2.30. The molecule has 2 aromatic carbocycles. The van der Waals surface area contributed by atoms with Crippen molar-refractivity contribution in [2.24, 2.45) is 0 Å². The van der Waals surface area contributed by atoms with Crippen LogP contribution in [0.4, 0.5) is 13.2 Å². The number of hydrogen-bond donors (Lipinski definition) is 0. The fraction of sp³-hybridized carbons (Fsp3) is 0.273. The molecule has 0 saturated heterocycles. The zero-order valence-corrected chi connectivity index (χ0v) is 17.4. The Kier molecular flexibility index (Phi) is 6.77. The molecule has 4 nitrogen and oxygen atoms in total. The van der Waals surface area contributed by atoms with Crippen LogP contribution in [0, 0.1) is 0 Å². The zero-order valence-electron chi connectivity index (χ0n) is 16.6. The summed E-state index contributed by atoms with van der Waals surface area (Å²) in [4.78, 5) is 18.6. The lowest BCUT2D eigenvalue weighted by Gasteiger charge is -2.16. The number of halogens is 3. The minimum absolute atomic E-state index is 0.0998. The molecule has 0 aliphatic rings. The Morgan fingerprint density at radius 1 is 1.10 bits per heavy atom. The molecule has 0 spiro atoms. The molecule has 0 atom stereocenters. The number of carbonyl (C=O) groups is 1. The van der Waals surface area contributed by atoms with E-state index in [1.54, 1.807) is 22.4 Å². The number of carbonyl (C=O) groups excluding carboxylic acids is 1. The van der Waals surface area contributed by atoms with E-state index in [9.17, 15) is 18.0 Å². The first kappa shape index (κ1) is 21.8. The Labute approximate surface area is 176 Å². The molecule has 158 valence electrons. The normalized spacial score (nSPS) is 11.4. The molecular formula is C22H21F3N2O2S. The van der Waals surface area contributed by atoms with Crippen molar-refractivity contribution in [1.29, 1.82) is 0 Å². The minimum atomic E-state index is -4.35. The van der Waals surface area contributed by atoms with Crippen LogP contribution in [0.25, 0.3) is 10.6 Å². The van der Waals surface area contributed by atoms with Crippen molar-refractivity contribution in [1.82, 2.24) is 9.88 Å². The molecule has 0 fully saturated rings. The smallest absolute Gasteiger partial charge is 0.416 e. The van der Waals surface area contributed by atoms with Crippen molar-refractivity contribution >= 4 is 17.2 Å². The van der Waals surface area contributed by atoms with Crippen LogP contribution < -0.4 is 4.74 Å². The molecule has 1 heterocycles. The van der Waals surface area contributed by atoms with Crippen LogP contribution in [-0.4, -0.2) is 28.9 Å². The largest absolute Gasteiger partial charge is 0.489 e. The minimum Gasteiger partial charge on any atom is -0.489 e. The summed E-state index contributed by atoms with van der Waals surface area (Å²) in [6.45, 7) is 5.23. The predicted molar refractivity (Wildman–Crippen MR) is 111 cm³/mol. The number of hydrogen-bond acceptors (Lipinski definition) is 4. The van der Waals surface area contributed by atoms with E-state index in [-0.39, 0.29) is 12.5 Å². The van der Waals surface area contributed by atoms with Crippen LogP contribution in [0.15, 0.2) is 53.9 Å². The monoisotopic (exact) mass is 434 g/mol. The summed E-state index contributed by atoms with van der Waals surface area (Å²) < 4.78 is 43.7.